The van der Waals surface area contributed by atoms with E-state index in [9.17, 15) is 10.1 Å². The van der Waals surface area contributed by atoms with Crippen molar-refractivity contribution in [2.75, 3.05) is 11.9 Å². The SMILES string of the molecule is CCN(C#N)C(=Nc1ccc(C(N)=O)cc1)Nc1ccc2[nH]c(=S)sc2c1. The Labute approximate surface area is 164 Å². The molecular weight excluding hydrogens is 380 g/mol. The van der Waals surface area contributed by atoms with Crippen molar-refractivity contribution in [3.8, 4) is 6.19 Å². The van der Waals surface area contributed by atoms with Gasteiger partial charge in [0.25, 0.3) is 0 Å². The number of nitrogens with zero attached hydrogens (tertiary/aromatic N) is 3. The highest BCUT2D eigenvalue weighted by molar-refractivity contribution is 7.73. The number of amides is 1. The predicted octanol–water partition coefficient (Wildman–Crippen LogP) is 3.96. The number of thiazole rings is 1. The summed E-state index contributed by atoms with van der Waals surface area (Å²) in [7, 11) is 0. The van der Waals surface area contributed by atoms with Crippen LogP contribution in [0.4, 0.5) is 11.4 Å². The molecule has 27 heavy (non-hydrogen) atoms. The summed E-state index contributed by atoms with van der Waals surface area (Å²) in [6.45, 7) is 2.31. The number of primary amides is 1. The molecule has 0 aliphatic rings. The number of anilines is 1. The maximum Gasteiger partial charge on any atom is 0.248 e. The van der Waals surface area contributed by atoms with Gasteiger partial charge in [0.2, 0.25) is 11.9 Å². The smallest absolute Gasteiger partial charge is 0.248 e. The summed E-state index contributed by atoms with van der Waals surface area (Å²) < 4.78 is 1.72. The lowest BCUT2D eigenvalue weighted by molar-refractivity contribution is 0.100. The molecule has 0 atom stereocenters. The Hall–Kier alpha value is -3.22. The third-order valence-electron chi connectivity index (χ3n) is 3.76. The first-order valence-corrected chi connectivity index (χ1v) is 9.28. The second-order valence-electron chi connectivity index (χ2n) is 5.54. The maximum atomic E-state index is 11.2. The zero-order valence-corrected chi connectivity index (χ0v) is 16.0. The monoisotopic (exact) mass is 396 g/mol. The Balaban J connectivity index is 1.95. The number of aliphatic imine (C=N–C) groups is 1. The number of nitrogens with one attached hydrogen (secondary N) is 2. The summed E-state index contributed by atoms with van der Waals surface area (Å²) in [5.41, 5.74) is 8.00. The van der Waals surface area contributed by atoms with Crippen LogP contribution in [0.3, 0.4) is 0 Å². The first-order valence-electron chi connectivity index (χ1n) is 8.06. The summed E-state index contributed by atoms with van der Waals surface area (Å²) in [4.78, 5) is 20.3. The number of aromatic nitrogens is 1. The van der Waals surface area contributed by atoms with E-state index in [0.717, 1.165) is 15.9 Å². The van der Waals surface area contributed by atoms with E-state index >= 15 is 0 Å². The molecule has 0 unspecified atom stereocenters. The molecule has 2 aromatic carbocycles. The third-order valence-corrected chi connectivity index (χ3v) is 4.95. The predicted molar refractivity (Wildman–Crippen MR) is 111 cm³/mol. The van der Waals surface area contributed by atoms with Crippen LogP contribution >= 0.6 is 23.6 Å². The second kappa shape index (κ2) is 7.99. The molecule has 0 fully saturated rings. The van der Waals surface area contributed by atoms with Crippen LogP contribution in [0, 0.1) is 15.4 Å². The van der Waals surface area contributed by atoms with Gasteiger partial charge in [0.05, 0.1) is 15.9 Å². The lowest BCUT2D eigenvalue weighted by Gasteiger charge is -2.17. The van der Waals surface area contributed by atoms with Gasteiger partial charge in [-0.15, -0.1) is 11.3 Å². The molecule has 0 saturated carbocycles. The average molecular weight is 397 g/mol. The minimum Gasteiger partial charge on any atom is -0.366 e. The number of hydrogen-bond acceptors (Lipinski definition) is 5. The van der Waals surface area contributed by atoms with Crippen LogP contribution in [-0.4, -0.2) is 28.3 Å². The minimum absolute atomic E-state index is 0.380. The minimum atomic E-state index is -0.502. The first-order chi connectivity index (χ1) is 13.0. The standard InChI is InChI=1S/C18H16N6OS2/c1-2-24(10-19)17(21-12-5-3-11(4-6-12)16(20)25)22-13-7-8-14-15(9-13)27-18(26)23-14/h3-9H,2H2,1H3,(H2,20,25)(H,21,22)(H,23,26). The highest BCUT2D eigenvalue weighted by Crippen LogP contribution is 2.24. The van der Waals surface area contributed by atoms with Crippen LogP contribution in [0.25, 0.3) is 10.2 Å². The Morgan fingerprint density at radius 3 is 2.74 bits per heavy atom. The summed E-state index contributed by atoms with van der Waals surface area (Å²) in [6, 6.07) is 12.3. The molecule has 1 aromatic heterocycles. The summed E-state index contributed by atoms with van der Waals surface area (Å²) in [6.07, 6.45) is 2.11. The number of carbonyl (C=O) groups is 1. The molecular formula is C18H16N6OS2. The van der Waals surface area contributed by atoms with Gasteiger partial charge in [0.1, 0.15) is 0 Å². The Bertz CT molecular complexity index is 1110. The van der Waals surface area contributed by atoms with Gasteiger partial charge < -0.3 is 16.0 Å². The van der Waals surface area contributed by atoms with Crippen molar-refractivity contribution < 1.29 is 4.79 Å². The Morgan fingerprint density at radius 2 is 2.11 bits per heavy atom. The van der Waals surface area contributed by atoms with Crippen molar-refractivity contribution in [1.29, 1.82) is 5.26 Å². The number of guanidine groups is 1. The first kappa shape index (κ1) is 18.6. The van der Waals surface area contributed by atoms with E-state index in [1.165, 1.54) is 16.2 Å². The molecule has 136 valence electrons. The number of fused-ring (bicyclic) bond motifs is 1. The van der Waals surface area contributed by atoms with Crippen molar-refractivity contribution in [3.05, 3.63) is 52.0 Å². The topological polar surface area (TPSA) is 110 Å². The van der Waals surface area contributed by atoms with Crippen molar-refractivity contribution in [1.82, 2.24) is 9.88 Å². The van der Waals surface area contributed by atoms with E-state index < -0.39 is 5.91 Å². The molecule has 9 heteroatoms. The van der Waals surface area contributed by atoms with Crippen molar-refractivity contribution in [3.63, 3.8) is 0 Å². The summed E-state index contributed by atoms with van der Waals surface area (Å²) in [5.74, 6) is -0.122. The molecule has 3 aromatic rings. The molecule has 7 nitrogen and oxygen atoms in total. The molecule has 0 aliphatic carbocycles. The summed E-state index contributed by atoms with van der Waals surface area (Å²) >= 11 is 6.65. The van der Waals surface area contributed by atoms with Gasteiger partial charge >= 0.3 is 0 Å². The van der Waals surface area contributed by atoms with Crippen molar-refractivity contribution >= 4 is 57.0 Å². The van der Waals surface area contributed by atoms with Gasteiger partial charge in [0, 0.05) is 17.8 Å². The number of rotatable bonds is 4. The molecule has 1 amide bonds. The highest BCUT2D eigenvalue weighted by atomic mass is 32.1. The van der Waals surface area contributed by atoms with Crippen LogP contribution in [0.5, 0.6) is 0 Å². The lowest BCUT2D eigenvalue weighted by atomic mass is 10.2. The van der Waals surface area contributed by atoms with Gasteiger partial charge in [-0.1, -0.05) is 0 Å². The fourth-order valence-corrected chi connectivity index (χ4v) is 3.55. The number of benzene rings is 2. The van der Waals surface area contributed by atoms with E-state index in [2.05, 4.69) is 21.5 Å². The quantitative estimate of drug-likeness (QED) is 0.203. The maximum absolute atomic E-state index is 11.2. The van der Waals surface area contributed by atoms with Gasteiger partial charge in [-0.2, -0.15) is 5.26 Å². The molecule has 0 bridgehead atoms. The Kier molecular flexibility index (Phi) is 5.49. The second-order valence-corrected chi connectivity index (χ2v) is 7.26. The number of aromatic amines is 1. The van der Waals surface area contributed by atoms with Crippen LogP contribution in [0.2, 0.25) is 0 Å². The molecule has 0 spiro atoms. The number of nitrogens with two attached hydrogens (primary N) is 1. The zero-order chi connectivity index (χ0) is 19.4. The normalized spacial score (nSPS) is 11.2. The molecule has 0 saturated heterocycles. The van der Waals surface area contributed by atoms with Gasteiger partial charge in [-0.25, -0.2) is 9.89 Å². The number of carbonyl (C=O) groups excluding carboxylic acids is 1. The molecule has 0 aliphatic heterocycles. The molecule has 0 radical (unpaired) electrons. The van der Waals surface area contributed by atoms with Gasteiger partial charge in [-0.3, -0.25) is 4.79 Å². The zero-order valence-electron chi connectivity index (χ0n) is 14.4. The highest BCUT2D eigenvalue weighted by Gasteiger charge is 2.11. The Morgan fingerprint density at radius 1 is 1.37 bits per heavy atom. The van der Waals surface area contributed by atoms with E-state index in [1.807, 2.05) is 25.1 Å². The van der Waals surface area contributed by atoms with Crippen molar-refractivity contribution in [2.24, 2.45) is 10.7 Å². The van der Waals surface area contributed by atoms with E-state index in [1.54, 1.807) is 24.3 Å². The number of hydrogen-bond donors (Lipinski definition) is 3. The van der Waals surface area contributed by atoms with Gasteiger partial charge in [0.15, 0.2) is 10.1 Å². The van der Waals surface area contributed by atoms with Crippen LogP contribution in [-0.2, 0) is 0 Å². The van der Waals surface area contributed by atoms with Crippen LogP contribution in [0.1, 0.15) is 17.3 Å². The molecule has 3 rings (SSSR count). The van der Waals surface area contributed by atoms with Crippen LogP contribution < -0.4 is 11.1 Å². The largest absolute Gasteiger partial charge is 0.366 e. The fraction of sp³-hybridized carbons (Fsp3) is 0.111. The third kappa shape index (κ3) is 4.31. The van der Waals surface area contributed by atoms with Gasteiger partial charge in [-0.05, 0) is 61.6 Å². The summed E-state index contributed by atoms with van der Waals surface area (Å²) in [5, 5.41) is 12.6. The van der Waals surface area contributed by atoms with Crippen LogP contribution in [0.15, 0.2) is 47.5 Å². The van der Waals surface area contributed by atoms with Crippen molar-refractivity contribution in [2.45, 2.75) is 6.92 Å². The number of nitriles is 1. The number of H-pyrrole nitrogens is 1. The van der Waals surface area contributed by atoms with E-state index in [0.29, 0.717) is 27.7 Å². The van der Waals surface area contributed by atoms with E-state index in [-0.39, 0.29) is 0 Å². The van der Waals surface area contributed by atoms with E-state index in [4.69, 9.17) is 18.0 Å². The molecule has 4 N–H and O–H groups in total. The lowest BCUT2D eigenvalue weighted by Crippen LogP contribution is -2.32. The fourth-order valence-electron chi connectivity index (χ4n) is 2.40. The average Bonchev–Trinajstić information content (AvgIpc) is 3.02. The molecule has 1 heterocycles.